The number of para-hydroxylation sites is 3. The van der Waals surface area contributed by atoms with E-state index in [4.69, 9.17) is 9.97 Å². The molecule has 0 radical (unpaired) electrons. The minimum Gasteiger partial charge on any atom is -0.507 e. The van der Waals surface area contributed by atoms with Crippen molar-refractivity contribution in [3.8, 4) is 73.2 Å². The molecule has 0 aliphatic heterocycles. The van der Waals surface area contributed by atoms with Gasteiger partial charge in [-0.2, -0.15) is 0 Å². The fourth-order valence-corrected chi connectivity index (χ4v) is 10.0. The molecule has 6 heteroatoms. The molecule has 0 aliphatic rings. The Labute approximate surface area is 438 Å². The summed E-state index contributed by atoms with van der Waals surface area (Å²) in [5.41, 5.74) is 17.9. The first-order valence-electron chi connectivity index (χ1n) is 24.7. The number of aromatic hydroxyl groups is 1. The second-order valence-corrected chi connectivity index (χ2v) is 22.1. The number of phenols is 1. The van der Waals surface area contributed by atoms with Gasteiger partial charge in [-0.3, -0.25) is 9.55 Å². The second kappa shape index (κ2) is 18.4. The maximum atomic E-state index is 12.5. The molecule has 8 aromatic carbocycles. The van der Waals surface area contributed by atoms with Crippen LogP contribution in [0.2, 0.25) is 0 Å². The molecule has 3 aromatic heterocycles. The summed E-state index contributed by atoms with van der Waals surface area (Å²) >= 11 is 0. The summed E-state index contributed by atoms with van der Waals surface area (Å²) in [4.78, 5) is 10.7. The topological polar surface area (TPSA) is 55.9 Å². The summed E-state index contributed by atoms with van der Waals surface area (Å²) in [7, 11) is 0. The van der Waals surface area contributed by atoms with Crippen LogP contribution in [-0.2, 0) is 37.3 Å². The van der Waals surface area contributed by atoms with Gasteiger partial charge < -0.3 is 9.67 Å². The zero-order chi connectivity index (χ0) is 49.4. The van der Waals surface area contributed by atoms with Crippen molar-refractivity contribution in [3.05, 3.63) is 211 Å². The van der Waals surface area contributed by atoms with Crippen molar-refractivity contribution in [2.45, 2.75) is 78.6 Å². The predicted octanol–water partition coefficient (Wildman–Crippen LogP) is 17.2. The normalized spacial score (nSPS) is 12.2. The molecule has 0 unspecified atom stereocenters. The molecule has 360 valence electrons. The van der Waals surface area contributed by atoms with Crippen molar-refractivity contribution in [1.29, 1.82) is 0 Å². The summed E-state index contributed by atoms with van der Waals surface area (Å²) in [6.45, 7) is 20.3. The first kappa shape index (κ1) is 48.3. The molecule has 0 spiro atoms. The van der Waals surface area contributed by atoms with Crippen LogP contribution in [0.3, 0.4) is 0 Å². The maximum Gasteiger partial charge on any atom is 0.148 e. The number of hydrogen-bond donors (Lipinski definition) is 1. The Morgan fingerprint density at radius 3 is 1.79 bits per heavy atom. The summed E-state index contributed by atoms with van der Waals surface area (Å²) < 4.78 is 4.49. The zero-order valence-corrected chi connectivity index (χ0v) is 44.7. The fourth-order valence-electron chi connectivity index (χ4n) is 10.0. The van der Waals surface area contributed by atoms with Crippen LogP contribution >= 0.6 is 0 Å². The van der Waals surface area contributed by atoms with Crippen molar-refractivity contribution in [1.82, 2.24) is 19.1 Å². The van der Waals surface area contributed by atoms with E-state index in [2.05, 4.69) is 247 Å². The Morgan fingerprint density at radius 1 is 0.444 bits per heavy atom. The second-order valence-electron chi connectivity index (χ2n) is 22.1. The van der Waals surface area contributed by atoms with Crippen molar-refractivity contribution in [2.24, 2.45) is 0 Å². The van der Waals surface area contributed by atoms with Crippen LogP contribution in [0.25, 0.3) is 100 Å². The third kappa shape index (κ3) is 8.79. The van der Waals surface area contributed by atoms with Crippen LogP contribution in [0.4, 0.5) is 0 Å². The Morgan fingerprint density at radius 2 is 1.08 bits per heavy atom. The van der Waals surface area contributed by atoms with Crippen LogP contribution in [0.15, 0.2) is 188 Å². The van der Waals surface area contributed by atoms with E-state index in [1.54, 1.807) is 0 Å². The van der Waals surface area contributed by atoms with Gasteiger partial charge in [-0.25, -0.2) is 4.98 Å². The van der Waals surface area contributed by atoms with Crippen LogP contribution in [0.5, 0.6) is 5.75 Å². The minimum atomic E-state index is -0.184. The summed E-state index contributed by atoms with van der Waals surface area (Å²) in [6, 6.07) is 68.3. The number of aromatic nitrogens is 4. The average Bonchev–Trinajstić information content (AvgIpc) is 3.91. The van der Waals surface area contributed by atoms with Crippen molar-refractivity contribution in [3.63, 3.8) is 0 Å². The molecule has 72 heavy (non-hydrogen) atoms. The third-order valence-corrected chi connectivity index (χ3v) is 14.1. The van der Waals surface area contributed by atoms with Gasteiger partial charge in [-0.15, -0.1) is 29.3 Å². The van der Waals surface area contributed by atoms with Crippen LogP contribution in [0, 0.1) is 6.07 Å². The van der Waals surface area contributed by atoms with E-state index >= 15 is 0 Å². The van der Waals surface area contributed by atoms with Crippen molar-refractivity contribution >= 4 is 32.8 Å². The van der Waals surface area contributed by atoms with E-state index in [0.29, 0.717) is 11.4 Å². The van der Waals surface area contributed by atoms with E-state index < -0.39 is 0 Å². The van der Waals surface area contributed by atoms with Gasteiger partial charge in [0.15, 0.2) is 0 Å². The van der Waals surface area contributed by atoms with E-state index in [-0.39, 0.29) is 43.1 Å². The summed E-state index contributed by atoms with van der Waals surface area (Å²) in [6.07, 6.45) is 1.91. The quantitative estimate of drug-likeness (QED) is 0.162. The van der Waals surface area contributed by atoms with Gasteiger partial charge >= 0.3 is 0 Å². The fraction of sp³-hybridized carbons (Fsp3) is 0.182. The predicted molar refractivity (Wildman–Crippen MR) is 297 cm³/mol. The zero-order valence-electron chi connectivity index (χ0n) is 42.5. The number of fused-ring (bicyclic) bond motifs is 4. The molecule has 0 amide bonds. The first-order chi connectivity index (χ1) is 34.0. The molecule has 0 saturated heterocycles. The molecule has 11 aromatic rings. The van der Waals surface area contributed by atoms with Crippen LogP contribution in [-0.4, -0.2) is 24.2 Å². The monoisotopic (exact) mass is 1120 g/mol. The molecule has 0 aliphatic carbocycles. The minimum absolute atomic E-state index is 0. The molecule has 0 saturated carbocycles. The van der Waals surface area contributed by atoms with Crippen molar-refractivity contribution < 1.29 is 26.2 Å². The Hall–Kier alpha value is -7.33. The number of pyridine rings is 1. The molecule has 1 N–H and O–H groups in total. The molecule has 0 bridgehead atoms. The molecular formula is C66H59N4OPt-. The van der Waals surface area contributed by atoms with E-state index in [1.165, 1.54) is 16.7 Å². The standard InChI is InChI=1S/C66H59N4O.Pt/c1-64(2,3)47-29-27-42(28-30-47)44-33-34-67-56(38-44)46-35-45(36-49(37-46)66(7,8)9)51-24-18-26-59-62(51)68-63(70(59)58-32-31-48(65(4,5)6)39-53(58)43-19-12-10-13-20-43)55-40-54-52-23-16-17-25-57(52)69(60(54)41-61(55)71)50-21-14-11-15-22-50;/h10-34,36-41,71H,1-9H3;/q-1;. The Balaban J connectivity index is 0.00000596. The smallest absolute Gasteiger partial charge is 0.148 e. The van der Waals surface area contributed by atoms with Crippen molar-refractivity contribution in [2.75, 3.05) is 0 Å². The van der Waals surface area contributed by atoms with Gasteiger partial charge in [-0.1, -0.05) is 189 Å². The van der Waals surface area contributed by atoms with Gasteiger partial charge in [0, 0.05) is 61.0 Å². The van der Waals surface area contributed by atoms with Gasteiger partial charge in [0.05, 0.1) is 33.3 Å². The van der Waals surface area contributed by atoms with E-state index in [9.17, 15) is 5.11 Å². The number of nitrogens with zero attached hydrogens (tertiary/aromatic N) is 4. The Kier molecular flexibility index (Phi) is 12.3. The number of rotatable bonds is 7. The van der Waals surface area contributed by atoms with Crippen LogP contribution in [0.1, 0.15) is 79.0 Å². The third-order valence-electron chi connectivity index (χ3n) is 14.1. The summed E-state index contributed by atoms with van der Waals surface area (Å²) in [5, 5.41) is 14.7. The van der Waals surface area contributed by atoms with Gasteiger partial charge in [0.1, 0.15) is 11.6 Å². The van der Waals surface area contributed by atoms with Gasteiger partial charge in [0.25, 0.3) is 0 Å². The number of benzene rings is 8. The maximum absolute atomic E-state index is 12.5. The Bertz CT molecular complexity index is 3810. The first-order valence-corrected chi connectivity index (χ1v) is 24.7. The molecule has 0 fully saturated rings. The van der Waals surface area contributed by atoms with Gasteiger partial charge in [0.2, 0.25) is 0 Å². The van der Waals surface area contributed by atoms with E-state index in [0.717, 1.165) is 88.9 Å². The van der Waals surface area contributed by atoms with E-state index in [1.807, 2.05) is 18.3 Å². The van der Waals surface area contributed by atoms with Gasteiger partial charge in [-0.05, 0) is 92.6 Å². The molecule has 0 atom stereocenters. The molecular weight excluding hydrogens is 1060 g/mol. The molecule has 5 nitrogen and oxygen atoms in total. The number of hydrogen-bond acceptors (Lipinski definition) is 3. The largest absolute Gasteiger partial charge is 0.507 e. The average molecular weight is 1120 g/mol. The number of imidazole rings is 1. The SMILES string of the molecule is CC(C)(C)c1ccc(-c2ccnc(-c3[c-]c(-c4cccc5c4nc(-c4cc6c7ccccc7n(-c7ccccc7)c6cc4O)n5-c4ccc(C(C)(C)C)cc4-c4ccccc4)cc(C(C)(C)C)c3)c2)cc1.[Pt]. The van der Waals surface area contributed by atoms with Crippen LogP contribution < -0.4 is 0 Å². The molecule has 3 heterocycles. The number of phenolic OH excluding ortho intramolecular Hbond substituents is 1. The molecule has 11 rings (SSSR count). The summed E-state index contributed by atoms with van der Waals surface area (Å²) in [5.74, 6) is 0.786.